The van der Waals surface area contributed by atoms with Gasteiger partial charge in [0.15, 0.2) is 0 Å². The van der Waals surface area contributed by atoms with E-state index in [1.54, 1.807) is 12.1 Å². The molecule has 0 saturated heterocycles. The fraction of sp³-hybridized carbons (Fsp3) is 0.120. The smallest absolute Gasteiger partial charge is 0.418 e. The summed E-state index contributed by atoms with van der Waals surface area (Å²) in [6.45, 7) is 1.53. The normalized spacial score (nSPS) is 11.9. The first-order chi connectivity index (χ1) is 17.4. The maximum atomic E-state index is 13.2. The van der Waals surface area contributed by atoms with Crippen LogP contribution in [-0.4, -0.2) is 39.2 Å². The first-order valence-electron chi connectivity index (χ1n) is 10.5. The molecule has 3 rings (SSSR count). The van der Waals surface area contributed by atoms with Gasteiger partial charge in [-0.25, -0.2) is 9.59 Å². The fourth-order valence-electron chi connectivity index (χ4n) is 3.20. The van der Waals surface area contributed by atoms with Gasteiger partial charge in [-0.1, -0.05) is 12.1 Å². The number of halogens is 3. The molecule has 0 spiro atoms. The molecule has 12 heteroatoms. The summed E-state index contributed by atoms with van der Waals surface area (Å²) in [5.74, 6) is -4.21. The van der Waals surface area contributed by atoms with E-state index >= 15 is 0 Å². The highest BCUT2D eigenvalue weighted by atomic mass is 32.2. The molecule has 8 nitrogen and oxygen atoms in total. The number of anilines is 2. The van der Waals surface area contributed by atoms with Gasteiger partial charge in [-0.3, -0.25) is 9.59 Å². The summed E-state index contributed by atoms with van der Waals surface area (Å²) in [6.07, 6.45) is -4.62. The Morgan fingerprint density at radius 2 is 1.49 bits per heavy atom. The third-order valence-electron chi connectivity index (χ3n) is 5.03. The molecule has 0 aliphatic heterocycles. The first kappa shape index (κ1) is 27.3. The maximum absolute atomic E-state index is 13.2. The Balaban J connectivity index is 1.66. The molecule has 0 aliphatic carbocycles. The number of carboxylic acids is 2. The molecule has 0 saturated carbocycles. The predicted molar refractivity (Wildman–Crippen MR) is 130 cm³/mol. The number of para-hydroxylation sites is 1. The summed E-state index contributed by atoms with van der Waals surface area (Å²) in [5.41, 5.74) is -2.00. The van der Waals surface area contributed by atoms with E-state index in [0.717, 1.165) is 36.0 Å². The molecule has 192 valence electrons. The van der Waals surface area contributed by atoms with Crippen molar-refractivity contribution in [3.05, 3.63) is 89.0 Å². The highest BCUT2D eigenvalue weighted by molar-refractivity contribution is 8.00. The summed E-state index contributed by atoms with van der Waals surface area (Å²) < 4.78 is 39.5. The highest BCUT2D eigenvalue weighted by Crippen LogP contribution is 2.35. The lowest BCUT2D eigenvalue weighted by atomic mass is 10.0. The van der Waals surface area contributed by atoms with Crippen molar-refractivity contribution in [3.8, 4) is 0 Å². The molecule has 37 heavy (non-hydrogen) atoms. The number of amides is 2. The highest BCUT2D eigenvalue weighted by Gasteiger charge is 2.34. The molecule has 1 unspecified atom stereocenters. The van der Waals surface area contributed by atoms with Crippen molar-refractivity contribution in [1.82, 2.24) is 0 Å². The summed E-state index contributed by atoms with van der Waals surface area (Å²) in [4.78, 5) is 48.2. The van der Waals surface area contributed by atoms with Crippen LogP contribution in [-0.2, 0) is 11.0 Å². The molecule has 0 aromatic heterocycles. The van der Waals surface area contributed by atoms with Crippen molar-refractivity contribution < 1.29 is 42.6 Å². The van der Waals surface area contributed by atoms with Gasteiger partial charge in [0.25, 0.3) is 5.91 Å². The number of rotatable bonds is 8. The number of carbonyl (C=O) groups is 4. The number of nitrogens with one attached hydrogen (secondary N) is 2. The SMILES string of the molecule is CC(Sc1ccc(NC(=O)c2ccc(C(=O)O)cc2C(=O)O)cc1)C(=O)Nc1ccccc1C(F)(F)F. The number of carboxylic acid groups (broad SMARTS) is 2. The van der Waals surface area contributed by atoms with Crippen LogP contribution < -0.4 is 10.6 Å². The van der Waals surface area contributed by atoms with Gasteiger partial charge in [0.1, 0.15) is 0 Å². The summed E-state index contributed by atoms with van der Waals surface area (Å²) in [6, 6.07) is 13.9. The van der Waals surface area contributed by atoms with Gasteiger partial charge < -0.3 is 20.8 Å². The van der Waals surface area contributed by atoms with Crippen molar-refractivity contribution >= 4 is 46.9 Å². The van der Waals surface area contributed by atoms with E-state index in [-0.39, 0.29) is 16.8 Å². The van der Waals surface area contributed by atoms with Crippen LogP contribution in [0.5, 0.6) is 0 Å². The van der Waals surface area contributed by atoms with Gasteiger partial charge in [0.05, 0.1) is 33.2 Å². The average molecular weight is 532 g/mol. The third-order valence-corrected chi connectivity index (χ3v) is 6.14. The van der Waals surface area contributed by atoms with Crippen molar-refractivity contribution in [2.24, 2.45) is 0 Å². The minimum Gasteiger partial charge on any atom is -0.478 e. The second-order valence-corrected chi connectivity index (χ2v) is 9.06. The van der Waals surface area contributed by atoms with E-state index in [1.807, 2.05) is 0 Å². The van der Waals surface area contributed by atoms with Gasteiger partial charge in [-0.05, 0) is 61.5 Å². The van der Waals surface area contributed by atoms with Crippen LogP contribution in [0.1, 0.15) is 43.6 Å². The molecule has 0 aliphatic rings. The zero-order valence-electron chi connectivity index (χ0n) is 19.0. The van der Waals surface area contributed by atoms with E-state index in [0.29, 0.717) is 10.6 Å². The molecule has 0 bridgehead atoms. The number of benzene rings is 3. The number of hydrogen-bond donors (Lipinski definition) is 4. The molecule has 0 heterocycles. The first-order valence-corrected chi connectivity index (χ1v) is 11.4. The van der Waals surface area contributed by atoms with Gasteiger partial charge in [0, 0.05) is 10.6 Å². The topological polar surface area (TPSA) is 133 Å². The Bertz CT molecular complexity index is 1360. The monoisotopic (exact) mass is 532 g/mol. The molecule has 3 aromatic rings. The minimum atomic E-state index is -4.62. The van der Waals surface area contributed by atoms with Crippen LogP contribution in [0.15, 0.2) is 71.6 Å². The largest absolute Gasteiger partial charge is 0.478 e. The van der Waals surface area contributed by atoms with E-state index in [1.165, 1.54) is 37.3 Å². The molecule has 0 fully saturated rings. The predicted octanol–water partition coefficient (Wildman–Crippen LogP) is 5.47. The lowest BCUT2D eigenvalue weighted by molar-refractivity contribution is -0.137. The Labute approximate surface area is 212 Å². The molecule has 1 atom stereocenters. The fourth-order valence-corrected chi connectivity index (χ4v) is 4.07. The van der Waals surface area contributed by atoms with Crippen LogP contribution >= 0.6 is 11.8 Å². The van der Waals surface area contributed by atoms with E-state index in [4.69, 9.17) is 5.11 Å². The van der Waals surface area contributed by atoms with Crippen molar-refractivity contribution in [2.75, 3.05) is 10.6 Å². The van der Waals surface area contributed by atoms with Crippen molar-refractivity contribution in [1.29, 1.82) is 0 Å². The van der Waals surface area contributed by atoms with E-state index in [9.17, 15) is 37.5 Å². The summed E-state index contributed by atoms with van der Waals surface area (Å²) >= 11 is 1.08. The number of thioether (sulfide) groups is 1. The summed E-state index contributed by atoms with van der Waals surface area (Å²) in [5, 5.41) is 22.4. The molecule has 3 aromatic carbocycles. The zero-order chi connectivity index (χ0) is 27.3. The van der Waals surface area contributed by atoms with Gasteiger partial charge in [0.2, 0.25) is 5.91 Å². The van der Waals surface area contributed by atoms with Crippen molar-refractivity contribution in [3.63, 3.8) is 0 Å². The molecular formula is C25H19F3N2O6S. The Hall–Kier alpha value is -4.32. The lowest BCUT2D eigenvalue weighted by Gasteiger charge is -2.16. The van der Waals surface area contributed by atoms with Gasteiger partial charge in [-0.15, -0.1) is 11.8 Å². The standard InChI is InChI=1S/C25H19F3N2O6S/c1-13(21(31)30-20-5-3-2-4-19(20)25(26,27)28)37-16-9-7-15(8-10-16)29-22(32)17-11-6-14(23(33)34)12-18(17)24(35)36/h2-13H,1H3,(H,29,32)(H,30,31)(H,33,34)(H,35,36). The minimum absolute atomic E-state index is 0.236. The maximum Gasteiger partial charge on any atom is 0.418 e. The van der Waals surface area contributed by atoms with E-state index in [2.05, 4.69) is 10.6 Å². The molecule has 2 amide bonds. The number of alkyl halides is 3. The summed E-state index contributed by atoms with van der Waals surface area (Å²) in [7, 11) is 0. The van der Waals surface area contributed by atoms with E-state index < -0.39 is 46.3 Å². The second kappa shape index (κ2) is 11.2. The van der Waals surface area contributed by atoms with Crippen LogP contribution in [0.2, 0.25) is 0 Å². The average Bonchev–Trinajstić information content (AvgIpc) is 2.84. The molecule has 4 N–H and O–H groups in total. The van der Waals surface area contributed by atoms with Crippen LogP contribution in [0.3, 0.4) is 0 Å². The molecule has 0 radical (unpaired) electrons. The van der Waals surface area contributed by atoms with Crippen molar-refractivity contribution in [2.45, 2.75) is 23.2 Å². The Kier molecular flexibility index (Phi) is 8.23. The van der Waals surface area contributed by atoms with Gasteiger partial charge >= 0.3 is 18.1 Å². The number of carbonyl (C=O) groups excluding carboxylic acids is 2. The van der Waals surface area contributed by atoms with Crippen LogP contribution in [0.25, 0.3) is 0 Å². The number of hydrogen-bond acceptors (Lipinski definition) is 5. The van der Waals surface area contributed by atoms with Gasteiger partial charge in [-0.2, -0.15) is 13.2 Å². The van der Waals surface area contributed by atoms with Crippen LogP contribution in [0, 0.1) is 0 Å². The lowest BCUT2D eigenvalue weighted by Crippen LogP contribution is -2.24. The zero-order valence-corrected chi connectivity index (χ0v) is 19.8. The molecular weight excluding hydrogens is 513 g/mol. The second-order valence-electron chi connectivity index (χ2n) is 7.64. The third kappa shape index (κ3) is 6.88. The Morgan fingerprint density at radius 1 is 0.838 bits per heavy atom. The number of aromatic carboxylic acids is 2. The van der Waals surface area contributed by atoms with Crippen LogP contribution in [0.4, 0.5) is 24.5 Å². The Morgan fingerprint density at radius 3 is 2.08 bits per heavy atom. The quantitative estimate of drug-likeness (QED) is 0.283.